The van der Waals surface area contributed by atoms with Crippen LogP contribution >= 0.6 is 0 Å². The molecule has 1 aromatic heterocycles. The van der Waals surface area contributed by atoms with Crippen molar-refractivity contribution in [2.75, 3.05) is 0 Å². The van der Waals surface area contributed by atoms with Gasteiger partial charge in [0.1, 0.15) is 0 Å². The summed E-state index contributed by atoms with van der Waals surface area (Å²) in [5.74, 6) is 4.72. The van der Waals surface area contributed by atoms with Gasteiger partial charge in [-0.3, -0.25) is 9.78 Å². The molecule has 1 heterocycles. The number of carbonyl (C=O) groups excluding carboxylic acids is 1. The lowest BCUT2D eigenvalue weighted by Crippen LogP contribution is -2.15. The number of nitriles is 1. The summed E-state index contributed by atoms with van der Waals surface area (Å²) in [4.78, 5) is 17.2. The lowest BCUT2D eigenvalue weighted by Gasteiger charge is -2.15. The molecule has 6 nitrogen and oxygen atoms in total. The Labute approximate surface area is 191 Å². The summed E-state index contributed by atoms with van der Waals surface area (Å²) in [6.07, 6.45) is 1.53. The fourth-order valence-corrected chi connectivity index (χ4v) is 3.87. The normalized spacial score (nSPS) is 10.8. The van der Waals surface area contributed by atoms with Gasteiger partial charge in [0, 0.05) is 11.3 Å². The molecular formula is C27H21N5O. The number of hydrogen-bond donors (Lipinski definition) is 2. The van der Waals surface area contributed by atoms with Crippen LogP contribution in [0.5, 0.6) is 0 Å². The van der Waals surface area contributed by atoms with E-state index in [0.29, 0.717) is 22.4 Å². The maximum Gasteiger partial charge on any atom is 0.251 e. The fraction of sp³-hybridized carbons (Fsp3) is 0.0370. The van der Waals surface area contributed by atoms with Crippen molar-refractivity contribution in [3.63, 3.8) is 0 Å². The van der Waals surface area contributed by atoms with Gasteiger partial charge in [-0.2, -0.15) is 10.4 Å². The van der Waals surface area contributed by atoms with E-state index in [1.165, 1.54) is 6.21 Å². The Morgan fingerprint density at radius 3 is 2.30 bits per heavy atom. The number of hydrogen-bond acceptors (Lipinski definition) is 5. The van der Waals surface area contributed by atoms with Crippen LogP contribution in [-0.2, 0) is 0 Å². The highest BCUT2D eigenvalue weighted by Crippen LogP contribution is 2.33. The third kappa shape index (κ3) is 4.34. The number of carbonyl (C=O) groups is 1. The Bertz CT molecular complexity index is 1420. The highest BCUT2D eigenvalue weighted by Gasteiger charge is 2.19. The molecule has 1 amide bonds. The van der Waals surface area contributed by atoms with Crippen LogP contribution in [0.25, 0.3) is 33.5 Å². The molecule has 0 saturated carbocycles. The summed E-state index contributed by atoms with van der Waals surface area (Å²) in [6, 6.07) is 26.7. The van der Waals surface area contributed by atoms with E-state index < -0.39 is 5.91 Å². The van der Waals surface area contributed by atoms with E-state index >= 15 is 0 Å². The van der Waals surface area contributed by atoms with Gasteiger partial charge in [-0.1, -0.05) is 60.7 Å². The van der Waals surface area contributed by atoms with Crippen LogP contribution < -0.4 is 11.6 Å². The molecule has 0 spiro atoms. The van der Waals surface area contributed by atoms with Crippen molar-refractivity contribution in [2.45, 2.75) is 6.92 Å². The Hall–Kier alpha value is -4.76. The molecule has 33 heavy (non-hydrogen) atoms. The van der Waals surface area contributed by atoms with E-state index in [1.54, 1.807) is 6.07 Å². The van der Waals surface area contributed by atoms with Crippen molar-refractivity contribution in [3.05, 3.63) is 101 Å². The number of benzene rings is 3. The van der Waals surface area contributed by atoms with Crippen molar-refractivity contribution in [3.8, 4) is 39.6 Å². The molecule has 0 atom stereocenters. The van der Waals surface area contributed by atoms with Crippen LogP contribution in [-0.4, -0.2) is 17.1 Å². The second kappa shape index (κ2) is 9.16. The highest BCUT2D eigenvalue weighted by molar-refractivity contribution is 6.05. The standard InChI is InChI=1S/C27H21N5O/c1-17-13-24(20-11-9-19(10-12-20)23-8-3-2-6-22(23)15-28)25(27(29)33)26(32-17)21-7-4-5-18(14-21)16-31-30/h2-14,16H,30H2,1H3,(H2,29,33). The van der Waals surface area contributed by atoms with E-state index in [-0.39, 0.29) is 0 Å². The Morgan fingerprint density at radius 2 is 1.64 bits per heavy atom. The maximum absolute atomic E-state index is 12.6. The molecule has 0 unspecified atom stereocenters. The smallest absolute Gasteiger partial charge is 0.251 e. The van der Waals surface area contributed by atoms with Gasteiger partial charge in [-0.25, -0.2) is 0 Å². The molecule has 0 bridgehead atoms. The van der Waals surface area contributed by atoms with Crippen molar-refractivity contribution in [1.29, 1.82) is 5.26 Å². The summed E-state index contributed by atoms with van der Waals surface area (Å²) in [5, 5.41) is 13.0. The summed E-state index contributed by atoms with van der Waals surface area (Å²) in [5.41, 5.74) is 12.9. The number of nitrogens with zero attached hydrogens (tertiary/aromatic N) is 3. The zero-order valence-electron chi connectivity index (χ0n) is 18.0. The van der Waals surface area contributed by atoms with Crippen LogP contribution in [0.1, 0.15) is 27.2 Å². The van der Waals surface area contributed by atoms with E-state index in [1.807, 2.05) is 79.7 Å². The Kier molecular flexibility index (Phi) is 5.96. The number of nitrogens with two attached hydrogens (primary N) is 2. The highest BCUT2D eigenvalue weighted by atomic mass is 16.1. The molecule has 0 fully saturated rings. The zero-order valence-corrected chi connectivity index (χ0v) is 18.0. The average Bonchev–Trinajstić information content (AvgIpc) is 2.84. The lowest BCUT2D eigenvalue weighted by molar-refractivity contribution is 0.100. The topological polar surface area (TPSA) is 118 Å². The lowest BCUT2D eigenvalue weighted by atomic mass is 9.92. The minimum atomic E-state index is -0.565. The minimum Gasteiger partial charge on any atom is -0.366 e. The van der Waals surface area contributed by atoms with E-state index in [2.05, 4.69) is 16.2 Å². The minimum absolute atomic E-state index is 0.340. The molecule has 6 heteroatoms. The number of amides is 1. The van der Waals surface area contributed by atoms with Crippen LogP contribution in [0, 0.1) is 18.3 Å². The van der Waals surface area contributed by atoms with Gasteiger partial charge in [-0.05, 0) is 52.9 Å². The predicted octanol–water partition coefficient (Wildman–Crippen LogP) is 4.65. The summed E-state index contributed by atoms with van der Waals surface area (Å²) in [6.45, 7) is 1.88. The van der Waals surface area contributed by atoms with Gasteiger partial charge in [0.25, 0.3) is 5.91 Å². The molecular weight excluding hydrogens is 410 g/mol. The number of rotatable bonds is 5. The molecule has 4 rings (SSSR count). The van der Waals surface area contributed by atoms with Gasteiger partial charge >= 0.3 is 0 Å². The van der Waals surface area contributed by atoms with Gasteiger partial charge in [0.05, 0.1) is 29.1 Å². The zero-order chi connectivity index (χ0) is 23.4. The van der Waals surface area contributed by atoms with Crippen molar-refractivity contribution in [2.24, 2.45) is 16.7 Å². The summed E-state index contributed by atoms with van der Waals surface area (Å²) in [7, 11) is 0. The number of pyridine rings is 1. The molecule has 0 aliphatic rings. The van der Waals surface area contributed by atoms with E-state index in [4.69, 9.17) is 11.6 Å². The van der Waals surface area contributed by atoms with Crippen molar-refractivity contribution < 1.29 is 4.79 Å². The third-order valence-electron chi connectivity index (χ3n) is 5.33. The fourth-order valence-electron chi connectivity index (χ4n) is 3.87. The second-order valence-corrected chi connectivity index (χ2v) is 7.54. The van der Waals surface area contributed by atoms with E-state index in [0.717, 1.165) is 33.5 Å². The second-order valence-electron chi connectivity index (χ2n) is 7.54. The largest absolute Gasteiger partial charge is 0.366 e. The van der Waals surface area contributed by atoms with Gasteiger partial charge in [-0.15, -0.1) is 0 Å². The van der Waals surface area contributed by atoms with Gasteiger partial charge in [0.2, 0.25) is 0 Å². The van der Waals surface area contributed by atoms with Gasteiger partial charge in [0.15, 0.2) is 0 Å². The van der Waals surface area contributed by atoms with Crippen LogP contribution in [0.2, 0.25) is 0 Å². The number of aryl methyl sites for hydroxylation is 1. The Balaban J connectivity index is 1.86. The number of aromatic nitrogens is 1. The molecule has 0 saturated heterocycles. The SMILES string of the molecule is Cc1cc(-c2ccc(-c3ccccc3C#N)cc2)c(C(N)=O)c(-c2cccc(C=NN)c2)n1. The van der Waals surface area contributed by atoms with Crippen molar-refractivity contribution >= 4 is 12.1 Å². The first-order valence-corrected chi connectivity index (χ1v) is 10.3. The predicted molar refractivity (Wildman–Crippen MR) is 130 cm³/mol. The summed E-state index contributed by atoms with van der Waals surface area (Å²) >= 11 is 0. The average molecular weight is 431 g/mol. The van der Waals surface area contributed by atoms with Crippen LogP contribution in [0.15, 0.2) is 84.0 Å². The van der Waals surface area contributed by atoms with Crippen molar-refractivity contribution in [1.82, 2.24) is 4.98 Å². The number of hydrazone groups is 1. The first-order valence-electron chi connectivity index (χ1n) is 10.3. The van der Waals surface area contributed by atoms with Crippen LogP contribution in [0.4, 0.5) is 0 Å². The summed E-state index contributed by atoms with van der Waals surface area (Å²) < 4.78 is 0. The molecule has 0 aliphatic heterocycles. The third-order valence-corrected chi connectivity index (χ3v) is 5.33. The molecule has 160 valence electrons. The monoisotopic (exact) mass is 431 g/mol. The first-order chi connectivity index (χ1) is 16.0. The van der Waals surface area contributed by atoms with Gasteiger partial charge < -0.3 is 11.6 Å². The first kappa shape index (κ1) is 21.5. The maximum atomic E-state index is 12.6. The molecule has 0 radical (unpaired) electrons. The number of primary amides is 1. The Morgan fingerprint density at radius 1 is 0.939 bits per heavy atom. The molecule has 4 N–H and O–H groups in total. The van der Waals surface area contributed by atoms with E-state index in [9.17, 15) is 10.1 Å². The van der Waals surface area contributed by atoms with Crippen LogP contribution in [0.3, 0.4) is 0 Å². The molecule has 4 aromatic rings. The quantitative estimate of drug-likeness (QED) is 0.271. The molecule has 3 aromatic carbocycles. The molecule has 0 aliphatic carbocycles.